The number of benzene rings is 2. The lowest BCUT2D eigenvalue weighted by Crippen LogP contribution is -2.17. The largest absolute Gasteiger partial charge is 0.486 e. The van der Waals surface area contributed by atoms with Gasteiger partial charge in [0.1, 0.15) is 13.2 Å². The molecule has 0 spiro atoms. The number of thioether (sulfide) groups is 1. The molecule has 0 atom stereocenters. The zero-order valence-corrected chi connectivity index (χ0v) is 18.4. The zero-order chi connectivity index (χ0) is 21.9. The molecule has 1 aromatic heterocycles. The van der Waals surface area contributed by atoms with Gasteiger partial charge in [0, 0.05) is 22.7 Å². The van der Waals surface area contributed by atoms with E-state index in [0.29, 0.717) is 53.2 Å². The molecule has 3 aromatic rings. The van der Waals surface area contributed by atoms with Gasteiger partial charge in [-0.25, -0.2) is 4.98 Å². The highest BCUT2D eigenvalue weighted by Crippen LogP contribution is 2.34. The molecule has 10 heteroatoms. The second-order valence-electron chi connectivity index (χ2n) is 6.97. The highest BCUT2D eigenvalue weighted by atomic mass is 32.2. The number of rotatable bonds is 7. The third kappa shape index (κ3) is 4.66. The molecular formula is C22H18N2O6S2. The van der Waals surface area contributed by atoms with Gasteiger partial charge in [-0.15, -0.1) is 11.3 Å². The Hall–Kier alpha value is -3.24. The quantitative estimate of drug-likeness (QED) is 0.412. The van der Waals surface area contributed by atoms with Crippen molar-refractivity contribution in [1.29, 1.82) is 0 Å². The van der Waals surface area contributed by atoms with Gasteiger partial charge in [0.25, 0.3) is 0 Å². The van der Waals surface area contributed by atoms with Crippen LogP contribution >= 0.6 is 23.1 Å². The van der Waals surface area contributed by atoms with E-state index in [2.05, 4.69) is 10.3 Å². The lowest BCUT2D eigenvalue weighted by molar-refractivity contribution is -0.115. The minimum atomic E-state index is -0.181. The maximum absolute atomic E-state index is 12.5. The Bertz CT molecular complexity index is 1180. The summed E-state index contributed by atoms with van der Waals surface area (Å²) in [4.78, 5) is 29.4. The lowest BCUT2D eigenvalue weighted by atomic mass is 10.1. The Morgan fingerprint density at radius 1 is 0.969 bits per heavy atom. The highest BCUT2D eigenvalue weighted by molar-refractivity contribution is 8.01. The van der Waals surface area contributed by atoms with Crippen LogP contribution in [0.15, 0.2) is 46.1 Å². The number of nitrogens with one attached hydrogen (secondary N) is 1. The minimum absolute atomic E-state index is 0.0265. The molecule has 3 heterocycles. The van der Waals surface area contributed by atoms with E-state index < -0.39 is 0 Å². The molecule has 0 radical (unpaired) electrons. The SMILES string of the molecule is O=C(Cc1csc(SCC(=O)c2ccc3c(c2)OCO3)n1)Nc1ccc2c(c1)OCCO2. The predicted molar refractivity (Wildman–Crippen MR) is 119 cm³/mol. The summed E-state index contributed by atoms with van der Waals surface area (Å²) in [5, 5.41) is 4.68. The van der Waals surface area contributed by atoms with Gasteiger partial charge in [-0.2, -0.15) is 0 Å². The van der Waals surface area contributed by atoms with E-state index in [1.807, 2.05) is 5.38 Å². The molecule has 1 amide bonds. The van der Waals surface area contributed by atoms with Gasteiger partial charge >= 0.3 is 0 Å². The van der Waals surface area contributed by atoms with Crippen LogP contribution in [0.2, 0.25) is 0 Å². The molecule has 0 fully saturated rings. The van der Waals surface area contributed by atoms with E-state index in [4.69, 9.17) is 18.9 Å². The van der Waals surface area contributed by atoms with Crippen molar-refractivity contribution in [3.63, 3.8) is 0 Å². The Morgan fingerprint density at radius 3 is 2.62 bits per heavy atom. The van der Waals surface area contributed by atoms with Gasteiger partial charge in [-0.3, -0.25) is 9.59 Å². The molecule has 8 nitrogen and oxygen atoms in total. The van der Waals surface area contributed by atoms with Gasteiger partial charge < -0.3 is 24.3 Å². The van der Waals surface area contributed by atoms with Crippen LogP contribution in [0.25, 0.3) is 0 Å². The Labute approximate surface area is 191 Å². The Morgan fingerprint density at radius 2 is 1.72 bits per heavy atom. The number of carbonyl (C=O) groups excluding carboxylic acids is 2. The molecule has 0 unspecified atom stereocenters. The average Bonchev–Trinajstić information content (AvgIpc) is 3.46. The maximum atomic E-state index is 12.5. The second-order valence-corrected chi connectivity index (χ2v) is 9.05. The number of nitrogens with zero attached hydrogens (tertiary/aromatic N) is 1. The monoisotopic (exact) mass is 470 g/mol. The Kier molecular flexibility index (Phi) is 5.87. The van der Waals surface area contributed by atoms with E-state index in [1.165, 1.54) is 23.1 Å². The van der Waals surface area contributed by atoms with E-state index in [1.54, 1.807) is 36.4 Å². The van der Waals surface area contributed by atoms with Crippen molar-refractivity contribution >= 4 is 40.5 Å². The van der Waals surface area contributed by atoms with Crippen molar-refractivity contribution in [2.45, 2.75) is 10.8 Å². The number of anilines is 1. The molecule has 1 N–H and O–H groups in total. The van der Waals surface area contributed by atoms with Crippen LogP contribution in [0.5, 0.6) is 23.0 Å². The van der Waals surface area contributed by atoms with Crippen LogP contribution in [-0.4, -0.2) is 42.4 Å². The summed E-state index contributed by atoms with van der Waals surface area (Å²) in [7, 11) is 0. The normalized spacial score (nSPS) is 13.6. The van der Waals surface area contributed by atoms with Crippen molar-refractivity contribution in [3.8, 4) is 23.0 Å². The zero-order valence-electron chi connectivity index (χ0n) is 16.8. The maximum Gasteiger partial charge on any atom is 0.231 e. The van der Waals surface area contributed by atoms with E-state index in [-0.39, 0.29) is 30.7 Å². The third-order valence-corrected chi connectivity index (χ3v) is 6.79. The summed E-state index contributed by atoms with van der Waals surface area (Å²) in [6.45, 7) is 1.18. The van der Waals surface area contributed by atoms with Crippen LogP contribution < -0.4 is 24.3 Å². The summed E-state index contributed by atoms with van der Waals surface area (Å²) in [6, 6.07) is 10.5. The van der Waals surface area contributed by atoms with Gasteiger partial charge in [-0.05, 0) is 30.3 Å². The third-order valence-electron chi connectivity index (χ3n) is 4.72. The summed E-state index contributed by atoms with van der Waals surface area (Å²) >= 11 is 2.76. The summed E-state index contributed by atoms with van der Waals surface area (Å²) in [5.41, 5.74) is 1.86. The van der Waals surface area contributed by atoms with Crippen LogP contribution in [0.3, 0.4) is 0 Å². The predicted octanol–water partition coefficient (Wildman–Crippen LogP) is 3.80. The first-order valence-electron chi connectivity index (χ1n) is 9.83. The van der Waals surface area contributed by atoms with Gasteiger partial charge in [0.15, 0.2) is 33.1 Å². The molecule has 2 aliphatic rings. The van der Waals surface area contributed by atoms with Crippen LogP contribution in [0, 0.1) is 0 Å². The van der Waals surface area contributed by atoms with Crippen molar-refractivity contribution in [2.75, 3.05) is 31.1 Å². The fourth-order valence-electron chi connectivity index (χ4n) is 3.21. The topological polar surface area (TPSA) is 96.0 Å². The van der Waals surface area contributed by atoms with Gasteiger partial charge in [-0.1, -0.05) is 11.8 Å². The Balaban J connectivity index is 1.14. The number of ether oxygens (including phenoxy) is 4. The molecule has 0 saturated heterocycles. The summed E-state index contributed by atoms with van der Waals surface area (Å²) < 4.78 is 22.3. The number of aromatic nitrogens is 1. The van der Waals surface area contributed by atoms with Crippen LogP contribution in [0.4, 0.5) is 5.69 Å². The summed E-state index contributed by atoms with van der Waals surface area (Å²) in [5.74, 6) is 2.56. The number of ketones is 1. The molecule has 0 saturated carbocycles. The number of thiazole rings is 1. The lowest BCUT2D eigenvalue weighted by Gasteiger charge is -2.18. The summed E-state index contributed by atoms with van der Waals surface area (Å²) in [6.07, 6.45) is 0.140. The van der Waals surface area contributed by atoms with Crippen molar-refractivity contribution in [1.82, 2.24) is 4.98 Å². The minimum Gasteiger partial charge on any atom is -0.486 e. The van der Waals surface area contributed by atoms with Gasteiger partial charge in [0.2, 0.25) is 12.7 Å². The van der Waals surface area contributed by atoms with Crippen molar-refractivity contribution in [2.24, 2.45) is 0 Å². The molecule has 2 aromatic carbocycles. The van der Waals surface area contributed by atoms with Crippen molar-refractivity contribution in [3.05, 3.63) is 53.0 Å². The number of fused-ring (bicyclic) bond motifs is 2. The smallest absolute Gasteiger partial charge is 0.231 e. The molecule has 0 aliphatic carbocycles. The molecule has 0 bridgehead atoms. The van der Waals surface area contributed by atoms with Gasteiger partial charge in [0.05, 0.1) is 17.9 Å². The highest BCUT2D eigenvalue weighted by Gasteiger charge is 2.17. The molecule has 164 valence electrons. The van der Waals surface area contributed by atoms with Crippen LogP contribution in [-0.2, 0) is 11.2 Å². The first-order valence-corrected chi connectivity index (χ1v) is 11.7. The molecule has 32 heavy (non-hydrogen) atoms. The number of hydrogen-bond acceptors (Lipinski definition) is 9. The van der Waals surface area contributed by atoms with Crippen LogP contribution in [0.1, 0.15) is 16.1 Å². The number of Topliss-reactive ketones (excluding diaryl/α,β-unsaturated/α-hetero) is 1. The molecule has 2 aliphatic heterocycles. The van der Waals surface area contributed by atoms with E-state index in [0.717, 1.165) is 4.34 Å². The fraction of sp³-hybridized carbons (Fsp3) is 0.227. The average molecular weight is 471 g/mol. The first kappa shape index (κ1) is 20.7. The van der Waals surface area contributed by atoms with E-state index >= 15 is 0 Å². The first-order chi connectivity index (χ1) is 15.6. The van der Waals surface area contributed by atoms with E-state index in [9.17, 15) is 9.59 Å². The van der Waals surface area contributed by atoms with Crippen molar-refractivity contribution < 1.29 is 28.5 Å². The molecular weight excluding hydrogens is 452 g/mol. The second kappa shape index (κ2) is 9.09. The number of amides is 1. The number of carbonyl (C=O) groups is 2. The standard InChI is InChI=1S/C22H18N2O6S2/c25-16(13-1-3-18-19(7-13)30-12-29-18)11-32-22-24-15(10-31-22)9-21(26)23-14-2-4-17-20(8-14)28-6-5-27-17/h1-4,7-8,10H,5-6,9,11-12H2,(H,23,26). The number of hydrogen-bond donors (Lipinski definition) is 1. The molecule has 5 rings (SSSR count). The fourth-order valence-corrected chi connectivity index (χ4v) is 4.95.